The van der Waals surface area contributed by atoms with Gasteiger partial charge in [0, 0.05) is 30.9 Å². The van der Waals surface area contributed by atoms with Crippen molar-refractivity contribution in [3.05, 3.63) is 41.2 Å². The number of carbonyl (C=O) groups is 2. The first-order chi connectivity index (χ1) is 9.04. The lowest BCUT2D eigenvalue weighted by Crippen LogP contribution is -2.27. The zero-order chi connectivity index (χ0) is 14.3. The first kappa shape index (κ1) is 14.8. The van der Waals surface area contributed by atoms with Gasteiger partial charge >= 0.3 is 5.97 Å². The second-order valence-electron chi connectivity index (χ2n) is 3.66. The van der Waals surface area contributed by atoms with Crippen molar-refractivity contribution in [3.63, 3.8) is 0 Å². The highest BCUT2D eigenvalue weighted by atomic mass is 19.1. The molecule has 5 nitrogen and oxygen atoms in total. The highest BCUT2D eigenvalue weighted by Crippen LogP contribution is 2.12. The number of halogens is 1. The van der Waals surface area contributed by atoms with Crippen molar-refractivity contribution < 1.29 is 23.8 Å². The van der Waals surface area contributed by atoms with E-state index in [0.29, 0.717) is 13.2 Å². The molecule has 1 rings (SSSR count). The summed E-state index contributed by atoms with van der Waals surface area (Å²) < 4.78 is 18.4. The van der Waals surface area contributed by atoms with Crippen LogP contribution >= 0.6 is 0 Å². The Labute approximate surface area is 109 Å². The fraction of sp³-hybridized carbons (Fsp3) is 0.231. The van der Waals surface area contributed by atoms with Crippen LogP contribution in [0.15, 0.2) is 24.3 Å². The standard InChI is InChI=1S/C13H14FNO4/c1-19-7-6-15-13(18)10-3-2-9(11(14)8-10)4-5-12(16)17/h2-5,8H,6-7H2,1H3,(H,15,18)(H,16,17). The van der Waals surface area contributed by atoms with Crippen molar-refractivity contribution in [1.29, 1.82) is 0 Å². The first-order valence-corrected chi connectivity index (χ1v) is 5.52. The molecule has 0 aliphatic carbocycles. The molecule has 0 bridgehead atoms. The molecule has 0 atom stereocenters. The van der Waals surface area contributed by atoms with Crippen LogP contribution in [-0.2, 0) is 9.53 Å². The quantitative estimate of drug-likeness (QED) is 0.601. The average molecular weight is 267 g/mol. The molecule has 0 aliphatic heterocycles. The van der Waals surface area contributed by atoms with Crippen LogP contribution in [-0.4, -0.2) is 37.2 Å². The summed E-state index contributed by atoms with van der Waals surface area (Å²) in [6.45, 7) is 0.700. The van der Waals surface area contributed by atoms with E-state index < -0.39 is 17.7 Å². The number of hydrogen-bond acceptors (Lipinski definition) is 3. The number of benzene rings is 1. The van der Waals surface area contributed by atoms with E-state index in [1.54, 1.807) is 0 Å². The van der Waals surface area contributed by atoms with E-state index in [1.807, 2.05) is 0 Å². The van der Waals surface area contributed by atoms with Gasteiger partial charge in [-0.3, -0.25) is 4.79 Å². The molecule has 1 aromatic rings. The number of carbonyl (C=O) groups excluding carboxylic acids is 1. The molecule has 0 aliphatic rings. The predicted octanol–water partition coefficient (Wildman–Crippen LogP) is 1.30. The molecule has 0 heterocycles. The Bertz CT molecular complexity index is 499. The van der Waals surface area contributed by atoms with Crippen LogP contribution in [0.25, 0.3) is 6.08 Å². The third-order valence-electron chi connectivity index (χ3n) is 2.26. The first-order valence-electron chi connectivity index (χ1n) is 5.52. The molecule has 2 N–H and O–H groups in total. The molecule has 0 saturated heterocycles. The molecule has 19 heavy (non-hydrogen) atoms. The summed E-state index contributed by atoms with van der Waals surface area (Å²) in [6.07, 6.45) is 1.96. The Balaban J connectivity index is 2.76. The van der Waals surface area contributed by atoms with Crippen LogP contribution in [0.1, 0.15) is 15.9 Å². The Morgan fingerprint density at radius 2 is 2.21 bits per heavy atom. The minimum Gasteiger partial charge on any atom is -0.478 e. The predicted molar refractivity (Wildman–Crippen MR) is 67.3 cm³/mol. The van der Waals surface area contributed by atoms with E-state index in [1.165, 1.54) is 19.2 Å². The van der Waals surface area contributed by atoms with Gasteiger partial charge in [0.2, 0.25) is 0 Å². The van der Waals surface area contributed by atoms with Crippen LogP contribution in [0.4, 0.5) is 4.39 Å². The molecule has 0 aromatic heterocycles. The maximum absolute atomic E-state index is 13.6. The summed E-state index contributed by atoms with van der Waals surface area (Å²) in [6, 6.07) is 3.83. The zero-order valence-corrected chi connectivity index (χ0v) is 10.4. The molecular formula is C13H14FNO4. The summed E-state index contributed by atoms with van der Waals surface area (Å²) in [5, 5.41) is 11.0. The van der Waals surface area contributed by atoms with E-state index in [-0.39, 0.29) is 11.1 Å². The number of carboxylic acid groups (broad SMARTS) is 1. The number of nitrogens with one attached hydrogen (secondary N) is 1. The molecule has 1 amide bonds. The van der Waals surface area contributed by atoms with Crippen LogP contribution in [0, 0.1) is 5.82 Å². The summed E-state index contributed by atoms with van der Waals surface area (Å²) in [7, 11) is 1.51. The van der Waals surface area contributed by atoms with Crippen LogP contribution < -0.4 is 5.32 Å². The molecule has 0 fully saturated rings. The van der Waals surface area contributed by atoms with Gasteiger partial charge < -0.3 is 15.2 Å². The van der Waals surface area contributed by atoms with Crippen molar-refractivity contribution in [2.45, 2.75) is 0 Å². The number of aliphatic carboxylic acids is 1. The second-order valence-corrected chi connectivity index (χ2v) is 3.66. The Morgan fingerprint density at radius 1 is 1.47 bits per heavy atom. The molecule has 102 valence electrons. The van der Waals surface area contributed by atoms with Crippen molar-refractivity contribution in [3.8, 4) is 0 Å². The number of methoxy groups -OCH3 is 1. The third kappa shape index (κ3) is 4.89. The highest BCUT2D eigenvalue weighted by Gasteiger charge is 2.08. The fourth-order valence-corrected chi connectivity index (χ4v) is 1.33. The van der Waals surface area contributed by atoms with Gasteiger partial charge in [-0.15, -0.1) is 0 Å². The van der Waals surface area contributed by atoms with E-state index >= 15 is 0 Å². The summed E-state index contributed by atoms with van der Waals surface area (Å²) >= 11 is 0. The van der Waals surface area contributed by atoms with Crippen molar-refractivity contribution in [2.75, 3.05) is 20.3 Å². The third-order valence-corrected chi connectivity index (χ3v) is 2.26. The monoisotopic (exact) mass is 267 g/mol. The van der Waals surface area contributed by atoms with Gasteiger partial charge in [0.15, 0.2) is 0 Å². The normalized spacial score (nSPS) is 10.6. The number of carboxylic acids is 1. The van der Waals surface area contributed by atoms with Gasteiger partial charge in [0.25, 0.3) is 5.91 Å². The summed E-state index contributed by atoms with van der Waals surface area (Å²) in [5.74, 6) is -2.23. The molecular weight excluding hydrogens is 253 g/mol. The summed E-state index contributed by atoms with van der Waals surface area (Å²) in [4.78, 5) is 21.9. The molecule has 0 unspecified atom stereocenters. The van der Waals surface area contributed by atoms with Gasteiger partial charge in [-0.1, -0.05) is 6.07 Å². The van der Waals surface area contributed by atoms with E-state index in [9.17, 15) is 14.0 Å². The lowest BCUT2D eigenvalue weighted by molar-refractivity contribution is -0.131. The maximum atomic E-state index is 13.6. The van der Waals surface area contributed by atoms with Crippen LogP contribution in [0.2, 0.25) is 0 Å². The lowest BCUT2D eigenvalue weighted by Gasteiger charge is -2.05. The van der Waals surface area contributed by atoms with E-state index in [4.69, 9.17) is 9.84 Å². The van der Waals surface area contributed by atoms with Gasteiger partial charge in [-0.25, -0.2) is 9.18 Å². The molecule has 6 heteroatoms. The van der Waals surface area contributed by atoms with Crippen LogP contribution in [0.5, 0.6) is 0 Å². The largest absolute Gasteiger partial charge is 0.478 e. The number of amides is 1. The molecule has 1 aromatic carbocycles. The SMILES string of the molecule is COCCNC(=O)c1ccc(C=CC(=O)O)c(F)c1. The van der Waals surface area contributed by atoms with E-state index in [0.717, 1.165) is 18.2 Å². The van der Waals surface area contributed by atoms with Crippen molar-refractivity contribution in [1.82, 2.24) is 5.32 Å². The number of rotatable bonds is 6. The summed E-state index contributed by atoms with van der Waals surface area (Å²) in [5.41, 5.74) is 0.275. The van der Waals surface area contributed by atoms with Gasteiger partial charge in [-0.05, 0) is 18.2 Å². The second kappa shape index (κ2) is 7.27. The molecule has 0 spiro atoms. The zero-order valence-electron chi connectivity index (χ0n) is 10.4. The van der Waals surface area contributed by atoms with Crippen molar-refractivity contribution in [2.24, 2.45) is 0 Å². The molecule has 0 radical (unpaired) electrons. The average Bonchev–Trinajstić information content (AvgIpc) is 2.37. The Hall–Kier alpha value is -2.21. The number of ether oxygens (including phenoxy) is 1. The van der Waals surface area contributed by atoms with Gasteiger partial charge in [0.1, 0.15) is 5.82 Å². The minimum absolute atomic E-state index is 0.107. The Morgan fingerprint density at radius 3 is 2.79 bits per heavy atom. The highest BCUT2D eigenvalue weighted by molar-refractivity contribution is 5.94. The topological polar surface area (TPSA) is 75.6 Å². The van der Waals surface area contributed by atoms with E-state index in [2.05, 4.69) is 5.32 Å². The minimum atomic E-state index is -1.17. The van der Waals surface area contributed by atoms with Crippen LogP contribution in [0.3, 0.4) is 0 Å². The molecule has 0 saturated carbocycles. The maximum Gasteiger partial charge on any atom is 0.328 e. The fourth-order valence-electron chi connectivity index (χ4n) is 1.33. The van der Waals surface area contributed by atoms with Gasteiger partial charge in [0.05, 0.1) is 6.61 Å². The Kier molecular flexibility index (Phi) is 5.69. The van der Waals surface area contributed by atoms with Gasteiger partial charge in [-0.2, -0.15) is 0 Å². The smallest absolute Gasteiger partial charge is 0.328 e. The lowest BCUT2D eigenvalue weighted by atomic mass is 10.1. The van der Waals surface area contributed by atoms with Crippen molar-refractivity contribution >= 4 is 18.0 Å². The number of hydrogen-bond donors (Lipinski definition) is 2.